The van der Waals surface area contributed by atoms with Gasteiger partial charge < -0.3 is 9.63 Å². The van der Waals surface area contributed by atoms with E-state index >= 15 is 0 Å². The Morgan fingerprint density at radius 3 is 2.26 bits per heavy atom. The molecule has 27 heavy (non-hydrogen) atoms. The molecule has 7 nitrogen and oxygen atoms in total. The van der Waals surface area contributed by atoms with E-state index in [2.05, 4.69) is 5.10 Å². The van der Waals surface area contributed by atoms with E-state index in [4.69, 9.17) is 4.52 Å². The minimum atomic E-state index is -1.06. The second-order valence-electron chi connectivity index (χ2n) is 6.41. The van der Waals surface area contributed by atoms with Gasteiger partial charge in [-0.1, -0.05) is 30.3 Å². The van der Waals surface area contributed by atoms with Crippen LogP contribution < -0.4 is 5.56 Å². The Kier molecular flexibility index (Phi) is 3.73. The molecule has 0 saturated carbocycles. The number of carboxylic acids is 1. The maximum absolute atomic E-state index is 12.2. The number of fused-ring (bicyclic) bond motifs is 1. The molecule has 4 aromatic rings. The number of carbonyl (C=O) groups is 1. The van der Waals surface area contributed by atoms with E-state index in [0.29, 0.717) is 16.7 Å². The third-order valence-electron chi connectivity index (χ3n) is 4.69. The van der Waals surface area contributed by atoms with Gasteiger partial charge in [0.1, 0.15) is 5.76 Å². The minimum absolute atomic E-state index is 0.0310. The fourth-order valence-corrected chi connectivity index (χ4v) is 3.36. The molecule has 0 spiro atoms. The summed E-state index contributed by atoms with van der Waals surface area (Å²) in [7, 11) is 3.30. The zero-order valence-electron chi connectivity index (χ0n) is 15.1. The van der Waals surface area contributed by atoms with Gasteiger partial charge in [-0.15, -0.1) is 0 Å². The van der Waals surface area contributed by atoms with E-state index < -0.39 is 5.97 Å². The molecule has 0 atom stereocenters. The van der Waals surface area contributed by atoms with Crippen LogP contribution in [0, 0.1) is 6.92 Å². The molecular formula is C20H17N3O4. The molecule has 0 aliphatic carbocycles. The molecule has 0 aliphatic rings. The standard InChI is InChI=1S/C20H17N3O4/c1-11-17(19(24)23(3)27-11)13-6-4-12(5-7-13)14-8-9-16-15(10-14)18(20(25)26)21-22(16)2/h4-10H,1-3H3,(H,25,26). The Morgan fingerprint density at radius 2 is 1.67 bits per heavy atom. The first-order valence-corrected chi connectivity index (χ1v) is 8.34. The molecule has 136 valence electrons. The number of hydrogen-bond acceptors (Lipinski definition) is 4. The summed E-state index contributed by atoms with van der Waals surface area (Å²) in [6.07, 6.45) is 0. The van der Waals surface area contributed by atoms with Crippen molar-refractivity contribution in [1.29, 1.82) is 0 Å². The first-order chi connectivity index (χ1) is 12.9. The highest BCUT2D eigenvalue weighted by Crippen LogP contribution is 2.28. The molecule has 1 N–H and O–H groups in total. The van der Waals surface area contributed by atoms with Crippen LogP contribution in [0.15, 0.2) is 51.8 Å². The third-order valence-corrected chi connectivity index (χ3v) is 4.69. The summed E-state index contributed by atoms with van der Waals surface area (Å²) >= 11 is 0. The fraction of sp³-hybridized carbons (Fsp3) is 0.150. The van der Waals surface area contributed by atoms with Crippen molar-refractivity contribution in [3.8, 4) is 22.3 Å². The summed E-state index contributed by atoms with van der Waals surface area (Å²) in [5, 5.41) is 14.0. The minimum Gasteiger partial charge on any atom is -0.476 e. The summed E-state index contributed by atoms with van der Waals surface area (Å²) in [5.74, 6) is -0.488. The quantitative estimate of drug-likeness (QED) is 0.604. The largest absolute Gasteiger partial charge is 0.476 e. The molecule has 0 bridgehead atoms. The molecule has 0 fully saturated rings. The highest BCUT2D eigenvalue weighted by molar-refractivity contribution is 6.02. The zero-order chi connectivity index (χ0) is 19.3. The van der Waals surface area contributed by atoms with Crippen LogP contribution in [0.2, 0.25) is 0 Å². The van der Waals surface area contributed by atoms with Crippen molar-refractivity contribution < 1.29 is 14.4 Å². The molecule has 0 aliphatic heterocycles. The summed E-state index contributed by atoms with van der Waals surface area (Å²) in [4.78, 5) is 23.6. The molecule has 0 radical (unpaired) electrons. The summed E-state index contributed by atoms with van der Waals surface area (Å²) in [6.45, 7) is 1.76. The van der Waals surface area contributed by atoms with Gasteiger partial charge in [-0.2, -0.15) is 9.84 Å². The lowest BCUT2D eigenvalue weighted by Gasteiger charge is -2.04. The van der Waals surface area contributed by atoms with Gasteiger partial charge in [0, 0.05) is 19.5 Å². The molecule has 2 aromatic carbocycles. The number of aromatic carboxylic acids is 1. The lowest BCUT2D eigenvalue weighted by molar-refractivity contribution is 0.0691. The number of aryl methyl sites for hydroxylation is 3. The van der Waals surface area contributed by atoms with Crippen molar-refractivity contribution in [2.45, 2.75) is 6.92 Å². The Bertz CT molecular complexity index is 1240. The van der Waals surface area contributed by atoms with Crippen LogP contribution in [-0.2, 0) is 14.1 Å². The predicted octanol–water partition coefficient (Wildman–Crippen LogP) is 3.21. The number of aromatic nitrogens is 3. The average molecular weight is 363 g/mol. The number of hydrogen-bond donors (Lipinski definition) is 1. The molecule has 0 amide bonds. The van der Waals surface area contributed by atoms with Crippen LogP contribution in [0.25, 0.3) is 33.2 Å². The monoisotopic (exact) mass is 363 g/mol. The predicted molar refractivity (Wildman–Crippen MR) is 101 cm³/mol. The van der Waals surface area contributed by atoms with E-state index in [1.54, 1.807) is 25.7 Å². The molecule has 2 aromatic heterocycles. The van der Waals surface area contributed by atoms with Gasteiger partial charge in [0.25, 0.3) is 5.56 Å². The Balaban J connectivity index is 1.79. The Morgan fingerprint density at radius 1 is 1.04 bits per heavy atom. The zero-order valence-corrected chi connectivity index (χ0v) is 15.1. The lowest BCUT2D eigenvalue weighted by Crippen LogP contribution is -2.11. The van der Waals surface area contributed by atoms with Gasteiger partial charge in [-0.05, 0) is 35.7 Å². The van der Waals surface area contributed by atoms with Crippen molar-refractivity contribution in [2.24, 2.45) is 14.1 Å². The van der Waals surface area contributed by atoms with Crippen molar-refractivity contribution >= 4 is 16.9 Å². The second kappa shape index (κ2) is 5.98. The Hall–Kier alpha value is -3.61. The highest BCUT2D eigenvalue weighted by Gasteiger charge is 2.16. The highest BCUT2D eigenvalue weighted by atomic mass is 16.5. The topological polar surface area (TPSA) is 90.3 Å². The second-order valence-corrected chi connectivity index (χ2v) is 6.41. The number of benzene rings is 2. The van der Waals surface area contributed by atoms with Gasteiger partial charge in [-0.25, -0.2) is 4.79 Å². The first-order valence-electron chi connectivity index (χ1n) is 8.34. The fourth-order valence-electron chi connectivity index (χ4n) is 3.36. The van der Waals surface area contributed by atoms with Gasteiger partial charge >= 0.3 is 5.97 Å². The summed E-state index contributed by atoms with van der Waals surface area (Å²) in [6, 6.07) is 13.1. The maximum atomic E-state index is 12.2. The smallest absolute Gasteiger partial charge is 0.357 e. The van der Waals surface area contributed by atoms with Crippen LogP contribution in [0.4, 0.5) is 0 Å². The van der Waals surface area contributed by atoms with Crippen molar-refractivity contribution in [3.63, 3.8) is 0 Å². The van der Waals surface area contributed by atoms with Crippen molar-refractivity contribution in [3.05, 3.63) is 64.3 Å². The molecule has 0 unspecified atom stereocenters. The average Bonchev–Trinajstić information content (AvgIpc) is 3.11. The number of nitrogens with zero attached hydrogens (tertiary/aromatic N) is 3. The first kappa shape index (κ1) is 16.8. The van der Waals surface area contributed by atoms with E-state index in [1.807, 2.05) is 42.5 Å². The van der Waals surface area contributed by atoms with Gasteiger partial charge in [0.15, 0.2) is 5.69 Å². The van der Waals surface area contributed by atoms with E-state index in [1.165, 1.54) is 4.74 Å². The van der Waals surface area contributed by atoms with Crippen LogP contribution >= 0.6 is 0 Å². The van der Waals surface area contributed by atoms with E-state index in [-0.39, 0.29) is 11.3 Å². The van der Waals surface area contributed by atoms with Crippen LogP contribution in [0.5, 0.6) is 0 Å². The maximum Gasteiger partial charge on any atom is 0.357 e. The van der Waals surface area contributed by atoms with E-state index in [9.17, 15) is 14.7 Å². The number of carboxylic acid groups (broad SMARTS) is 1. The van der Waals surface area contributed by atoms with E-state index in [0.717, 1.165) is 22.2 Å². The van der Waals surface area contributed by atoms with Gasteiger partial charge in [0.05, 0.1) is 11.1 Å². The molecule has 4 rings (SSSR count). The van der Waals surface area contributed by atoms with Gasteiger partial charge in [0.2, 0.25) is 0 Å². The Labute approximate surface area is 154 Å². The van der Waals surface area contributed by atoms with Crippen molar-refractivity contribution in [2.75, 3.05) is 0 Å². The van der Waals surface area contributed by atoms with Crippen LogP contribution in [0.3, 0.4) is 0 Å². The van der Waals surface area contributed by atoms with Crippen molar-refractivity contribution in [1.82, 2.24) is 14.5 Å². The SMILES string of the molecule is Cc1on(C)c(=O)c1-c1ccc(-c2ccc3c(c2)c(C(=O)O)nn3C)cc1. The van der Waals surface area contributed by atoms with Gasteiger partial charge in [-0.3, -0.25) is 9.48 Å². The molecule has 0 saturated heterocycles. The summed E-state index contributed by atoms with van der Waals surface area (Å²) in [5.41, 5.74) is 3.72. The molecular weight excluding hydrogens is 346 g/mol. The third kappa shape index (κ3) is 2.64. The van der Waals surface area contributed by atoms with Crippen LogP contribution in [0.1, 0.15) is 16.2 Å². The molecule has 2 heterocycles. The normalized spacial score (nSPS) is 11.2. The molecule has 7 heteroatoms. The number of rotatable bonds is 3. The lowest BCUT2D eigenvalue weighted by atomic mass is 9.99. The summed E-state index contributed by atoms with van der Waals surface area (Å²) < 4.78 is 8.11. The van der Waals surface area contributed by atoms with Crippen LogP contribution in [-0.4, -0.2) is 25.6 Å².